The van der Waals surface area contributed by atoms with Gasteiger partial charge in [0.05, 0.1) is 33.2 Å². The molecule has 0 saturated carbocycles. The maximum Gasteiger partial charge on any atom is 0.270 e. The lowest BCUT2D eigenvalue weighted by Crippen LogP contribution is -2.36. The smallest absolute Gasteiger partial charge is 0.270 e. The fraction of sp³-hybridized carbons (Fsp3) is 0.474. The standard InChI is InChI=1S/C19H21ClFN3O3S/c1-19(2)8-11(5-6-27-19)24-17-15(18(26)23-24)16(28-9-14(25)22-17)10-3-4-13(21)12(20)7-10/h3-4,7,11,16H,5-6,8-9H2,1-2H3,(H,22,25)(H,23,26)/t11-,16-/m0/s1. The number of thioether (sulfide) groups is 1. The van der Waals surface area contributed by atoms with Gasteiger partial charge >= 0.3 is 0 Å². The predicted octanol–water partition coefficient (Wildman–Crippen LogP) is 3.87. The van der Waals surface area contributed by atoms with Crippen molar-refractivity contribution >= 4 is 35.1 Å². The molecule has 1 aromatic carbocycles. The number of ether oxygens (including phenoxy) is 1. The lowest BCUT2D eigenvalue weighted by Gasteiger charge is -2.36. The van der Waals surface area contributed by atoms with Crippen molar-refractivity contribution in [2.45, 2.75) is 43.6 Å². The maximum atomic E-state index is 13.6. The Balaban J connectivity index is 1.81. The second-order valence-electron chi connectivity index (χ2n) is 7.74. The van der Waals surface area contributed by atoms with Crippen molar-refractivity contribution < 1.29 is 13.9 Å². The molecule has 150 valence electrons. The molecule has 0 bridgehead atoms. The lowest BCUT2D eigenvalue weighted by molar-refractivity contribution is -0.113. The van der Waals surface area contributed by atoms with Crippen LogP contribution in [0.3, 0.4) is 0 Å². The van der Waals surface area contributed by atoms with E-state index < -0.39 is 11.1 Å². The normalized spacial score (nSPS) is 24.4. The quantitative estimate of drug-likeness (QED) is 0.765. The number of aromatic amines is 1. The lowest BCUT2D eigenvalue weighted by atomic mass is 9.94. The topological polar surface area (TPSA) is 76.1 Å². The van der Waals surface area contributed by atoms with Crippen molar-refractivity contribution in [3.05, 3.63) is 50.5 Å². The number of hydrogen-bond acceptors (Lipinski definition) is 4. The molecule has 28 heavy (non-hydrogen) atoms. The van der Waals surface area contributed by atoms with E-state index in [-0.39, 0.29) is 33.9 Å². The molecule has 9 heteroatoms. The predicted molar refractivity (Wildman–Crippen MR) is 108 cm³/mol. The largest absolute Gasteiger partial charge is 0.375 e. The second kappa shape index (κ2) is 7.24. The Labute approximate surface area is 170 Å². The summed E-state index contributed by atoms with van der Waals surface area (Å²) in [4.78, 5) is 25.2. The first-order valence-electron chi connectivity index (χ1n) is 9.10. The summed E-state index contributed by atoms with van der Waals surface area (Å²) in [6.45, 7) is 4.60. The molecule has 0 unspecified atom stereocenters. The summed E-state index contributed by atoms with van der Waals surface area (Å²) >= 11 is 7.28. The highest BCUT2D eigenvalue weighted by Gasteiger charge is 2.36. The molecule has 2 aliphatic rings. The Hall–Kier alpha value is -1.77. The highest BCUT2D eigenvalue weighted by Crippen LogP contribution is 2.42. The number of halogens is 2. The van der Waals surface area contributed by atoms with Crippen molar-refractivity contribution in [3.63, 3.8) is 0 Å². The molecule has 1 aromatic heterocycles. The summed E-state index contributed by atoms with van der Waals surface area (Å²) in [5.74, 6) is -0.0314. The Kier molecular flexibility index (Phi) is 5.05. The molecule has 2 aromatic rings. The van der Waals surface area contributed by atoms with Crippen molar-refractivity contribution in [2.75, 3.05) is 17.7 Å². The van der Waals surface area contributed by atoms with Gasteiger partial charge in [0.25, 0.3) is 5.56 Å². The number of H-pyrrole nitrogens is 1. The molecule has 2 atom stereocenters. The number of benzene rings is 1. The average Bonchev–Trinajstić information content (AvgIpc) is 2.83. The highest BCUT2D eigenvalue weighted by molar-refractivity contribution is 8.00. The molecule has 6 nitrogen and oxygen atoms in total. The van der Waals surface area contributed by atoms with E-state index in [1.807, 2.05) is 13.8 Å². The monoisotopic (exact) mass is 425 g/mol. The molecule has 2 aliphatic heterocycles. The summed E-state index contributed by atoms with van der Waals surface area (Å²) < 4.78 is 21.2. The molecule has 2 N–H and O–H groups in total. The average molecular weight is 426 g/mol. The summed E-state index contributed by atoms with van der Waals surface area (Å²) in [5, 5.41) is 5.36. The van der Waals surface area contributed by atoms with Crippen LogP contribution in [0.15, 0.2) is 23.0 Å². The molecular weight excluding hydrogens is 405 g/mol. The third kappa shape index (κ3) is 3.60. The van der Waals surface area contributed by atoms with E-state index in [1.54, 1.807) is 10.7 Å². The number of rotatable bonds is 2. The van der Waals surface area contributed by atoms with Crippen LogP contribution in [-0.2, 0) is 9.53 Å². The number of carbonyl (C=O) groups excluding carboxylic acids is 1. The van der Waals surface area contributed by atoms with E-state index in [2.05, 4.69) is 10.4 Å². The van der Waals surface area contributed by atoms with Gasteiger partial charge in [0.2, 0.25) is 5.91 Å². The number of carbonyl (C=O) groups is 1. The van der Waals surface area contributed by atoms with Gasteiger partial charge < -0.3 is 10.1 Å². The van der Waals surface area contributed by atoms with Gasteiger partial charge in [0.1, 0.15) is 11.6 Å². The fourth-order valence-electron chi connectivity index (χ4n) is 3.88. The van der Waals surface area contributed by atoms with Gasteiger partial charge in [0, 0.05) is 6.61 Å². The third-order valence-electron chi connectivity index (χ3n) is 5.15. The van der Waals surface area contributed by atoms with Crippen LogP contribution >= 0.6 is 23.4 Å². The van der Waals surface area contributed by atoms with Crippen LogP contribution in [0.1, 0.15) is 49.1 Å². The van der Waals surface area contributed by atoms with E-state index in [1.165, 1.54) is 23.9 Å². The molecule has 1 amide bonds. The molecular formula is C19H21ClFN3O3S. The third-order valence-corrected chi connectivity index (χ3v) is 6.71. The Bertz CT molecular complexity index is 987. The fourth-order valence-corrected chi connectivity index (χ4v) is 5.18. The van der Waals surface area contributed by atoms with Crippen LogP contribution < -0.4 is 10.9 Å². The van der Waals surface area contributed by atoms with Crippen molar-refractivity contribution in [1.29, 1.82) is 0 Å². The van der Waals surface area contributed by atoms with Gasteiger partial charge in [-0.3, -0.25) is 19.4 Å². The Morgan fingerprint density at radius 1 is 1.36 bits per heavy atom. The van der Waals surface area contributed by atoms with Gasteiger partial charge in [-0.05, 0) is 44.4 Å². The molecule has 3 heterocycles. The second-order valence-corrected chi connectivity index (χ2v) is 9.24. The number of nitrogens with zero attached hydrogens (tertiary/aromatic N) is 1. The minimum atomic E-state index is -0.519. The summed E-state index contributed by atoms with van der Waals surface area (Å²) in [6.07, 6.45) is 1.44. The van der Waals surface area contributed by atoms with E-state index in [0.29, 0.717) is 30.0 Å². The van der Waals surface area contributed by atoms with Gasteiger partial charge in [-0.15, -0.1) is 11.8 Å². The maximum absolute atomic E-state index is 13.6. The SMILES string of the molecule is CC1(C)C[C@@H](n2[nH]c(=O)c3c2NC(=O)CS[C@H]3c2ccc(F)c(Cl)c2)CCO1. The Morgan fingerprint density at radius 3 is 2.86 bits per heavy atom. The minimum absolute atomic E-state index is 0.000978. The zero-order chi connectivity index (χ0) is 20.1. The number of anilines is 1. The first-order valence-corrected chi connectivity index (χ1v) is 10.5. The molecule has 0 aliphatic carbocycles. The van der Waals surface area contributed by atoms with Gasteiger partial charge in [-0.25, -0.2) is 4.39 Å². The summed E-state index contributed by atoms with van der Waals surface area (Å²) in [5.41, 5.74) is 0.566. The van der Waals surface area contributed by atoms with Crippen LogP contribution in [0, 0.1) is 5.82 Å². The zero-order valence-corrected chi connectivity index (χ0v) is 17.1. The number of nitrogens with one attached hydrogen (secondary N) is 2. The van der Waals surface area contributed by atoms with Crippen molar-refractivity contribution in [2.24, 2.45) is 0 Å². The minimum Gasteiger partial charge on any atom is -0.375 e. The first-order chi connectivity index (χ1) is 13.2. The first kappa shape index (κ1) is 19.5. The summed E-state index contributed by atoms with van der Waals surface area (Å²) in [7, 11) is 0. The molecule has 1 saturated heterocycles. The van der Waals surface area contributed by atoms with Crippen LogP contribution in [0.4, 0.5) is 10.2 Å². The van der Waals surface area contributed by atoms with E-state index in [4.69, 9.17) is 16.3 Å². The van der Waals surface area contributed by atoms with E-state index in [0.717, 1.165) is 6.42 Å². The molecule has 0 spiro atoms. The van der Waals surface area contributed by atoms with Crippen molar-refractivity contribution in [3.8, 4) is 0 Å². The van der Waals surface area contributed by atoms with Crippen LogP contribution in [-0.4, -0.2) is 33.6 Å². The summed E-state index contributed by atoms with van der Waals surface area (Å²) in [6, 6.07) is 4.40. The zero-order valence-electron chi connectivity index (χ0n) is 15.6. The number of aromatic nitrogens is 2. The van der Waals surface area contributed by atoms with Crippen LogP contribution in [0.25, 0.3) is 0 Å². The highest BCUT2D eigenvalue weighted by atomic mass is 35.5. The number of fused-ring (bicyclic) bond motifs is 1. The van der Waals surface area contributed by atoms with E-state index in [9.17, 15) is 14.0 Å². The number of hydrogen-bond donors (Lipinski definition) is 2. The van der Waals surface area contributed by atoms with Gasteiger partial charge in [-0.2, -0.15) is 0 Å². The van der Waals surface area contributed by atoms with Crippen LogP contribution in [0.5, 0.6) is 0 Å². The molecule has 0 radical (unpaired) electrons. The molecule has 4 rings (SSSR count). The Morgan fingerprint density at radius 2 is 2.14 bits per heavy atom. The van der Waals surface area contributed by atoms with Gasteiger partial charge in [0.15, 0.2) is 0 Å². The van der Waals surface area contributed by atoms with Gasteiger partial charge in [-0.1, -0.05) is 17.7 Å². The van der Waals surface area contributed by atoms with Crippen molar-refractivity contribution in [1.82, 2.24) is 9.78 Å². The molecule has 1 fully saturated rings. The van der Waals surface area contributed by atoms with Crippen LogP contribution in [0.2, 0.25) is 5.02 Å². The number of amides is 1. The van der Waals surface area contributed by atoms with E-state index >= 15 is 0 Å².